The maximum absolute atomic E-state index is 12.0. The maximum Gasteiger partial charge on any atom is 0.271 e. The Kier molecular flexibility index (Phi) is 6.75. The highest BCUT2D eigenvalue weighted by Gasteiger charge is 2.12. The summed E-state index contributed by atoms with van der Waals surface area (Å²) < 4.78 is 0. The van der Waals surface area contributed by atoms with Crippen molar-refractivity contribution in [2.75, 3.05) is 0 Å². The van der Waals surface area contributed by atoms with E-state index in [0.29, 0.717) is 21.5 Å². The average Bonchev–Trinajstić information content (AvgIpc) is 2.54. The van der Waals surface area contributed by atoms with E-state index in [4.69, 9.17) is 46.4 Å². The molecule has 0 saturated heterocycles. The molecule has 0 aliphatic carbocycles. The van der Waals surface area contributed by atoms with Crippen molar-refractivity contribution >= 4 is 58.2 Å². The first-order valence-electron chi connectivity index (χ1n) is 6.85. The fourth-order valence-corrected chi connectivity index (χ4v) is 2.78. The van der Waals surface area contributed by atoms with Crippen LogP contribution in [-0.4, -0.2) is 11.8 Å². The molecular formula is C16H12Cl4N2O2. The lowest BCUT2D eigenvalue weighted by Crippen LogP contribution is -2.41. The molecule has 0 aliphatic rings. The van der Waals surface area contributed by atoms with Crippen LogP contribution < -0.4 is 10.9 Å². The summed E-state index contributed by atoms with van der Waals surface area (Å²) in [6.07, 6.45) is 0.556. The molecule has 0 fully saturated rings. The molecule has 0 unspecified atom stereocenters. The Labute approximate surface area is 159 Å². The van der Waals surface area contributed by atoms with Gasteiger partial charge >= 0.3 is 0 Å². The number of hydrogen-bond donors (Lipinski definition) is 2. The fraction of sp³-hybridized carbons (Fsp3) is 0.125. The number of halogens is 4. The second-order valence-corrected chi connectivity index (χ2v) is 6.55. The van der Waals surface area contributed by atoms with Gasteiger partial charge in [-0.05, 0) is 42.3 Å². The zero-order valence-electron chi connectivity index (χ0n) is 12.2. The van der Waals surface area contributed by atoms with E-state index in [2.05, 4.69) is 10.9 Å². The first-order valence-corrected chi connectivity index (χ1v) is 8.36. The number of hydrogen-bond acceptors (Lipinski definition) is 2. The van der Waals surface area contributed by atoms with E-state index in [-0.39, 0.29) is 22.9 Å². The smallest absolute Gasteiger partial charge is 0.271 e. The lowest BCUT2D eigenvalue weighted by atomic mass is 10.1. The van der Waals surface area contributed by atoms with Gasteiger partial charge in [-0.25, -0.2) is 0 Å². The van der Waals surface area contributed by atoms with Crippen LogP contribution in [0.15, 0.2) is 36.4 Å². The third-order valence-electron chi connectivity index (χ3n) is 3.12. The quantitative estimate of drug-likeness (QED) is 0.724. The van der Waals surface area contributed by atoms with Crippen LogP contribution in [0.4, 0.5) is 0 Å². The molecule has 2 aromatic carbocycles. The van der Waals surface area contributed by atoms with Gasteiger partial charge in [0.15, 0.2) is 0 Å². The molecule has 0 bridgehead atoms. The largest absolute Gasteiger partial charge is 0.273 e. The number of carbonyl (C=O) groups excluding carboxylic acids is 2. The molecule has 0 spiro atoms. The second-order valence-electron chi connectivity index (χ2n) is 4.86. The van der Waals surface area contributed by atoms with Crippen molar-refractivity contribution in [1.29, 1.82) is 0 Å². The van der Waals surface area contributed by atoms with Crippen molar-refractivity contribution in [2.45, 2.75) is 12.8 Å². The molecule has 8 heteroatoms. The van der Waals surface area contributed by atoms with Crippen LogP contribution in [0.25, 0.3) is 0 Å². The molecule has 24 heavy (non-hydrogen) atoms. The number of benzene rings is 2. The first kappa shape index (κ1) is 18.9. The Hall–Kier alpha value is -1.46. The Morgan fingerprint density at radius 3 is 2.21 bits per heavy atom. The topological polar surface area (TPSA) is 58.2 Å². The highest BCUT2D eigenvalue weighted by Crippen LogP contribution is 2.22. The first-order chi connectivity index (χ1) is 11.4. The van der Waals surface area contributed by atoms with Crippen molar-refractivity contribution in [3.63, 3.8) is 0 Å². The van der Waals surface area contributed by atoms with Crippen LogP contribution in [0.1, 0.15) is 22.3 Å². The van der Waals surface area contributed by atoms with E-state index >= 15 is 0 Å². The summed E-state index contributed by atoms with van der Waals surface area (Å²) in [5.41, 5.74) is 5.57. The van der Waals surface area contributed by atoms with Gasteiger partial charge in [-0.15, -0.1) is 0 Å². The van der Waals surface area contributed by atoms with Crippen LogP contribution in [0.3, 0.4) is 0 Å². The van der Waals surface area contributed by atoms with Crippen molar-refractivity contribution in [2.24, 2.45) is 0 Å². The molecule has 0 atom stereocenters. The minimum Gasteiger partial charge on any atom is -0.273 e. The van der Waals surface area contributed by atoms with E-state index in [0.717, 1.165) is 5.56 Å². The standard InChI is InChI=1S/C16H12Cl4N2O2/c17-10-4-5-13(19)12(7-10)16(24)22-21-15(23)6-2-9-1-3-11(18)8-14(9)20/h1,3-5,7-8H,2,6H2,(H,21,23)(H,22,24). The van der Waals surface area contributed by atoms with Gasteiger partial charge in [0, 0.05) is 21.5 Å². The van der Waals surface area contributed by atoms with Crippen LogP contribution in [0.2, 0.25) is 20.1 Å². The van der Waals surface area contributed by atoms with Crippen LogP contribution in [0, 0.1) is 0 Å². The van der Waals surface area contributed by atoms with Crippen LogP contribution >= 0.6 is 46.4 Å². The van der Waals surface area contributed by atoms with Gasteiger partial charge in [-0.3, -0.25) is 20.4 Å². The molecule has 2 aromatic rings. The third kappa shape index (κ3) is 5.28. The predicted molar refractivity (Wildman–Crippen MR) is 96.9 cm³/mol. The Morgan fingerprint density at radius 2 is 1.50 bits per heavy atom. The summed E-state index contributed by atoms with van der Waals surface area (Å²) in [6, 6.07) is 9.54. The number of carbonyl (C=O) groups is 2. The molecule has 2 amide bonds. The van der Waals surface area contributed by atoms with Crippen molar-refractivity contribution < 1.29 is 9.59 Å². The average molecular weight is 406 g/mol. The van der Waals surface area contributed by atoms with Gasteiger partial charge in [0.05, 0.1) is 10.6 Å². The molecule has 0 aromatic heterocycles. The molecule has 0 radical (unpaired) electrons. The summed E-state index contributed by atoms with van der Waals surface area (Å²) in [4.78, 5) is 23.8. The zero-order valence-corrected chi connectivity index (χ0v) is 15.2. The summed E-state index contributed by atoms with van der Waals surface area (Å²) >= 11 is 23.6. The minimum absolute atomic E-state index is 0.144. The van der Waals surface area contributed by atoms with Gasteiger partial charge in [-0.1, -0.05) is 52.5 Å². The Balaban J connectivity index is 1.86. The zero-order chi connectivity index (χ0) is 17.7. The van der Waals surface area contributed by atoms with Crippen molar-refractivity contribution in [1.82, 2.24) is 10.9 Å². The third-order valence-corrected chi connectivity index (χ3v) is 4.28. The van der Waals surface area contributed by atoms with E-state index in [9.17, 15) is 9.59 Å². The minimum atomic E-state index is -0.555. The Morgan fingerprint density at radius 1 is 0.833 bits per heavy atom. The normalized spacial score (nSPS) is 10.3. The maximum atomic E-state index is 12.0. The Bertz CT molecular complexity index is 781. The van der Waals surface area contributed by atoms with E-state index in [1.54, 1.807) is 24.3 Å². The molecule has 4 nitrogen and oxygen atoms in total. The second kappa shape index (κ2) is 8.58. The highest BCUT2D eigenvalue weighted by molar-refractivity contribution is 6.36. The molecule has 126 valence electrons. The SMILES string of the molecule is O=C(CCc1ccc(Cl)cc1Cl)NNC(=O)c1cc(Cl)ccc1Cl. The van der Waals surface area contributed by atoms with Gasteiger partial charge in [0.2, 0.25) is 5.91 Å². The number of hydrazine groups is 1. The van der Waals surface area contributed by atoms with Gasteiger partial charge in [0.1, 0.15) is 0 Å². The lowest BCUT2D eigenvalue weighted by molar-refractivity contribution is -0.121. The predicted octanol–water partition coefficient (Wildman–Crippen LogP) is 4.69. The number of amides is 2. The molecule has 0 aliphatic heterocycles. The van der Waals surface area contributed by atoms with E-state index in [1.807, 2.05) is 0 Å². The molecular weight excluding hydrogens is 394 g/mol. The lowest BCUT2D eigenvalue weighted by Gasteiger charge is -2.09. The molecule has 2 rings (SSSR count). The number of aryl methyl sites for hydroxylation is 1. The monoisotopic (exact) mass is 404 g/mol. The van der Waals surface area contributed by atoms with Crippen LogP contribution in [-0.2, 0) is 11.2 Å². The summed E-state index contributed by atoms with van der Waals surface area (Å²) in [6.45, 7) is 0. The summed E-state index contributed by atoms with van der Waals surface area (Å²) in [5, 5.41) is 1.62. The van der Waals surface area contributed by atoms with Gasteiger partial charge in [-0.2, -0.15) is 0 Å². The molecule has 2 N–H and O–H groups in total. The summed E-state index contributed by atoms with van der Waals surface area (Å²) in [7, 11) is 0. The van der Waals surface area contributed by atoms with Crippen molar-refractivity contribution in [3.05, 3.63) is 67.6 Å². The highest BCUT2D eigenvalue weighted by atomic mass is 35.5. The van der Waals surface area contributed by atoms with Gasteiger partial charge in [0.25, 0.3) is 5.91 Å². The molecule has 0 saturated carbocycles. The fourth-order valence-electron chi connectivity index (χ4n) is 1.90. The van der Waals surface area contributed by atoms with Gasteiger partial charge < -0.3 is 0 Å². The summed E-state index contributed by atoms with van der Waals surface area (Å²) in [5.74, 6) is -0.923. The number of rotatable bonds is 4. The molecule has 0 heterocycles. The van der Waals surface area contributed by atoms with Crippen LogP contribution in [0.5, 0.6) is 0 Å². The van der Waals surface area contributed by atoms with Crippen molar-refractivity contribution in [3.8, 4) is 0 Å². The van der Waals surface area contributed by atoms with E-state index in [1.165, 1.54) is 12.1 Å². The van der Waals surface area contributed by atoms with E-state index < -0.39 is 5.91 Å². The number of nitrogens with one attached hydrogen (secondary N) is 2.